The van der Waals surface area contributed by atoms with Gasteiger partial charge in [-0.3, -0.25) is 0 Å². The summed E-state index contributed by atoms with van der Waals surface area (Å²) in [6.45, 7) is 5.83. The molecule has 2 N–H and O–H groups in total. The number of nitrogens with two attached hydrogens (primary N) is 1. The number of hydrogen-bond acceptors (Lipinski definition) is 6. The third-order valence-electron chi connectivity index (χ3n) is 2.43. The molecule has 5 nitrogen and oxygen atoms in total. The number of rotatable bonds is 4. The molecule has 0 amide bonds. The summed E-state index contributed by atoms with van der Waals surface area (Å²) in [5, 5.41) is 1.99. The van der Waals surface area contributed by atoms with E-state index in [9.17, 15) is 0 Å². The zero-order valence-corrected chi connectivity index (χ0v) is 10.7. The molecule has 6 heteroatoms. The van der Waals surface area contributed by atoms with Crippen molar-refractivity contribution in [1.82, 2.24) is 15.0 Å². The molecule has 0 aliphatic heterocycles. The number of thiophene rings is 1. The average molecular weight is 249 g/mol. The number of nitrogens with zero attached hydrogens (tertiary/aromatic N) is 4. The summed E-state index contributed by atoms with van der Waals surface area (Å²) >= 11 is 1.59. The SMILES string of the molecule is CCN(CC)c1nc(N)nc(-c2cccs2)n1. The summed E-state index contributed by atoms with van der Waals surface area (Å²) in [7, 11) is 0. The van der Waals surface area contributed by atoms with E-state index in [0.717, 1.165) is 18.0 Å². The Bertz CT molecular complexity index is 479. The van der Waals surface area contributed by atoms with Gasteiger partial charge in [-0.05, 0) is 25.3 Å². The van der Waals surface area contributed by atoms with Crippen molar-refractivity contribution in [3.63, 3.8) is 0 Å². The Morgan fingerprint density at radius 1 is 1.24 bits per heavy atom. The zero-order valence-electron chi connectivity index (χ0n) is 9.92. The Morgan fingerprint density at radius 2 is 2.00 bits per heavy atom. The predicted molar refractivity (Wildman–Crippen MR) is 71.1 cm³/mol. The summed E-state index contributed by atoms with van der Waals surface area (Å²) in [4.78, 5) is 15.8. The molecule has 0 atom stereocenters. The molecular formula is C11H15N5S. The summed E-state index contributed by atoms with van der Waals surface area (Å²) in [5.41, 5.74) is 5.73. The van der Waals surface area contributed by atoms with Crippen LogP contribution in [0.15, 0.2) is 17.5 Å². The first-order valence-corrected chi connectivity index (χ1v) is 6.43. The quantitative estimate of drug-likeness (QED) is 0.898. The first kappa shape index (κ1) is 11.8. The summed E-state index contributed by atoms with van der Waals surface area (Å²) < 4.78 is 0. The second kappa shape index (κ2) is 5.09. The molecule has 0 spiro atoms. The van der Waals surface area contributed by atoms with Gasteiger partial charge in [0, 0.05) is 13.1 Å². The lowest BCUT2D eigenvalue weighted by molar-refractivity contribution is 0.816. The molecule has 0 saturated heterocycles. The van der Waals surface area contributed by atoms with Gasteiger partial charge in [0.05, 0.1) is 4.88 Å². The highest BCUT2D eigenvalue weighted by Crippen LogP contribution is 2.23. The number of hydrogen-bond donors (Lipinski definition) is 1. The number of anilines is 2. The van der Waals surface area contributed by atoms with Crippen LogP contribution in [0.2, 0.25) is 0 Å². The lowest BCUT2D eigenvalue weighted by Crippen LogP contribution is -2.25. The molecule has 2 aromatic rings. The standard InChI is InChI=1S/C11H15N5S/c1-3-16(4-2)11-14-9(13-10(12)15-11)8-6-5-7-17-8/h5-7H,3-4H2,1-2H3,(H2,12,13,14,15). The molecule has 0 aliphatic rings. The second-order valence-corrected chi connectivity index (χ2v) is 4.41. The van der Waals surface area contributed by atoms with Crippen LogP contribution in [-0.2, 0) is 0 Å². The maximum atomic E-state index is 5.73. The van der Waals surface area contributed by atoms with Crippen molar-refractivity contribution in [2.45, 2.75) is 13.8 Å². The lowest BCUT2D eigenvalue weighted by Gasteiger charge is -2.18. The fraction of sp³-hybridized carbons (Fsp3) is 0.364. The van der Waals surface area contributed by atoms with E-state index in [1.165, 1.54) is 0 Å². The third kappa shape index (κ3) is 2.52. The van der Waals surface area contributed by atoms with Crippen LogP contribution in [0.1, 0.15) is 13.8 Å². The number of aromatic nitrogens is 3. The monoisotopic (exact) mass is 249 g/mol. The molecule has 90 valence electrons. The Labute approximate surface area is 104 Å². The molecule has 0 bridgehead atoms. The van der Waals surface area contributed by atoms with Crippen LogP contribution in [0.25, 0.3) is 10.7 Å². The van der Waals surface area contributed by atoms with E-state index in [1.807, 2.05) is 17.5 Å². The largest absolute Gasteiger partial charge is 0.368 e. The van der Waals surface area contributed by atoms with Crippen molar-refractivity contribution in [3.8, 4) is 10.7 Å². The fourth-order valence-electron chi connectivity index (χ4n) is 1.54. The first-order chi connectivity index (χ1) is 8.24. The van der Waals surface area contributed by atoms with Gasteiger partial charge in [0.15, 0.2) is 5.82 Å². The van der Waals surface area contributed by atoms with Crippen molar-refractivity contribution in [2.24, 2.45) is 0 Å². The topological polar surface area (TPSA) is 67.9 Å². The molecule has 17 heavy (non-hydrogen) atoms. The van der Waals surface area contributed by atoms with E-state index in [-0.39, 0.29) is 5.95 Å². The van der Waals surface area contributed by atoms with Crippen LogP contribution < -0.4 is 10.6 Å². The van der Waals surface area contributed by atoms with Crippen LogP contribution >= 0.6 is 11.3 Å². The maximum Gasteiger partial charge on any atom is 0.230 e. The third-order valence-corrected chi connectivity index (χ3v) is 3.29. The molecular weight excluding hydrogens is 234 g/mol. The number of nitrogen functional groups attached to an aromatic ring is 1. The molecule has 0 unspecified atom stereocenters. The van der Waals surface area contributed by atoms with Gasteiger partial charge in [0.25, 0.3) is 0 Å². The Balaban J connectivity index is 2.42. The summed E-state index contributed by atoms with van der Waals surface area (Å²) in [6, 6.07) is 3.95. The smallest absolute Gasteiger partial charge is 0.230 e. The van der Waals surface area contributed by atoms with Crippen molar-refractivity contribution in [3.05, 3.63) is 17.5 Å². The maximum absolute atomic E-state index is 5.73. The van der Waals surface area contributed by atoms with Gasteiger partial charge >= 0.3 is 0 Å². The normalized spacial score (nSPS) is 10.5. The van der Waals surface area contributed by atoms with Gasteiger partial charge < -0.3 is 10.6 Å². The predicted octanol–water partition coefficient (Wildman–Crippen LogP) is 2.03. The minimum Gasteiger partial charge on any atom is -0.368 e. The van der Waals surface area contributed by atoms with Crippen LogP contribution in [0.5, 0.6) is 0 Å². The lowest BCUT2D eigenvalue weighted by atomic mass is 10.4. The van der Waals surface area contributed by atoms with Gasteiger partial charge in [0.2, 0.25) is 11.9 Å². The summed E-state index contributed by atoms with van der Waals surface area (Å²) in [6.07, 6.45) is 0. The van der Waals surface area contributed by atoms with Gasteiger partial charge in [-0.1, -0.05) is 6.07 Å². The van der Waals surface area contributed by atoms with Gasteiger partial charge in [-0.25, -0.2) is 0 Å². The fourth-order valence-corrected chi connectivity index (χ4v) is 2.20. The molecule has 0 aliphatic carbocycles. The molecule has 0 saturated carbocycles. The first-order valence-electron chi connectivity index (χ1n) is 5.55. The van der Waals surface area contributed by atoms with E-state index in [0.29, 0.717) is 11.8 Å². The highest BCUT2D eigenvalue weighted by molar-refractivity contribution is 7.13. The average Bonchev–Trinajstić information content (AvgIpc) is 2.83. The second-order valence-electron chi connectivity index (χ2n) is 3.47. The zero-order chi connectivity index (χ0) is 12.3. The molecule has 0 fully saturated rings. The van der Waals surface area contributed by atoms with Crippen molar-refractivity contribution >= 4 is 23.2 Å². The molecule has 0 aromatic carbocycles. The summed E-state index contributed by atoms with van der Waals surface area (Å²) in [5.74, 6) is 1.56. The van der Waals surface area contributed by atoms with Crippen LogP contribution in [0.3, 0.4) is 0 Å². The van der Waals surface area contributed by atoms with Crippen molar-refractivity contribution in [2.75, 3.05) is 23.7 Å². The van der Waals surface area contributed by atoms with Gasteiger partial charge in [0.1, 0.15) is 0 Å². The van der Waals surface area contributed by atoms with Crippen LogP contribution in [-0.4, -0.2) is 28.0 Å². The molecule has 0 radical (unpaired) electrons. The van der Waals surface area contributed by atoms with E-state index >= 15 is 0 Å². The molecule has 2 heterocycles. The van der Waals surface area contributed by atoms with Crippen molar-refractivity contribution < 1.29 is 0 Å². The Kier molecular flexibility index (Phi) is 3.53. The van der Waals surface area contributed by atoms with E-state index in [1.54, 1.807) is 11.3 Å². The van der Waals surface area contributed by atoms with Crippen molar-refractivity contribution in [1.29, 1.82) is 0 Å². The minimum atomic E-state index is 0.269. The van der Waals surface area contributed by atoms with E-state index in [2.05, 4.69) is 33.7 Å². The highest BCUT2D eigenvalue weighted by atomic mass is 32.1. The van der Waals surface area contributed by atoms with Crippen LogP contribution in [0.4, 0.5) is 11.9 Å². The molecule has 2 aromatic heterocycles. The Hall–Kier alpha value is -1.69. The molecule has 2 rings (SSSR count). The minimum absolute atomic E-state index is 0.269. The van der Waals surface area contributed by atoms with E-state index < -0.39 is 0 Å². The van der Waals surface area contributed by atoms with Gasteiger partial charge in [-0.2, -0.15) is 15.0 Å². The Morgan fingerprint density at radius 3 is 2.59 bits per heavy atom. The van der Waals surface area contributed by atoms with E-state index in [4.69, 9.17) is 5.73 Å². The highest BCUT2D eigenvalue weighted by Gasteiger charge is 2.11. The van der Waals surface area contributed by atoms with Crippen LogP contribution in [0, 0.1) is 0 Å². The van der Waals surface area contributed by atoms with Gasteiger partial charge in [-0.15, -0.1) is 11.3 Å².